The molecule has 0 aliphatic carbocycles. The van der Waals surface area contributed by atoms with E-state index in [1.165, 1.54) is 12.1 Å². The molecular weight excluding hydrogens is 421 g/mol. The first kappa shape index (κ1) is 22.3. The monoisotopic (exact) mass is 446 g/mol. The van der Waals surface area contributed by atoms with Crippen molar-refractivity contribution < 1.29 is 22.6 Å². The van der Waals surface area contributed by atoms with E-state index in [1.807, 2.05) is 25.4 Å². The molecule has 0 N–H and O–H groups in total. The number of hydrogen-bond acceptors (Lipinski definition) is 5. The van der Waals surface area contributed by atoms with E-state index in [9.17, 15) is 13.2 Å². The standard InChI is InChI=1S/C23H25F3N4O2/c1-29-19(8-11-31-20-6-4-18(5-7-20)23(24,25)26)13-21(28-29)22-16-30(10-12-32-22)15-17-3-2-9-27-14-17/h2-7,9,13-14,22H,8,10-12,15-16H2,1H3. The SMILES string of the molecule is Cn1nc(C2CN(Cc3cccnc3)CCO2)cc1CCOc1ccc(C(F)(F)F)cc1. The van der Waals surface area contributed by atoms with Crippen LogP contribution in [-0.2, 0) is 30.9 Å². The molecular formula is C23H25F3N4O2. The van der Waals surface area contributed by atoms with E-state index in [2.05, 4.69) is 21.0 Å². The second-order valence-electron chi connectivity index (χ2n) is 7.76. The minimum Gasteiger partial charge on any atom is -0.493 e. The number of hydrogen-bond donors (Lipinski definition) is 0. The van der Waals surface area contributed by atoms with Gasteiger partial charge >= 0.3 is 6.18 Å². The Morgan fingerprint density at radius 2 is 2.00 bits per heavy atom. The van der Waals surface area contributed by atoms with Crippen LogP contribution in [0.25, 0.3) is 0 Å². The lowest BCUT2D eigenvalue weighted by atomic mass is 10.1. The second kappa shape index (κ2) is 9.70. The summed E-state index contributed by atoms with van der Waals surface area (Å²) in [6.07, 6.45) is -0.242. The molecule has 0 spiro atoms. The van der Waals surface area contributed by atoms with E-state index in [0.29, 0.717) is 25.4 Å². The van der Waals surface area contributed by atoms with E-state index in [0.717, 1.165) is 48.7 Å². The van der Waals surface area contributed by atoms with E-state index in [1.54, 1.807) is 10.9 Å². The van der Waals surface area contributed by atoms with Gasteiger partial charge < -0.3 is 9.47 Å². The van der Waals surface area contributed by atoms with Crippen LogP contribution in [0, 0.1) is 0 Å². The first-order chi connectivity index (χ1) is 15.4. The van der Waals surface area contributed by atoms with Crippen LogP contribution in [0.4, 0.5) is 13.2 Å². The van der Waals surface area contributed by atoms with Crippen LogP contribution in [0.3, 0.4) is 0 Å². The Morgan fingerprint density at radius 1 is 1.19 bits per heavy atom. The van der Waals surface area contributed by atoms with Gasteiger partial charge in [0.2, 0.25) is 0 Å². The number of aryl methyl sites for hydroxylation is 1. The van der Waals surface area contributed by atoms with Gasteiger partial charge in [-0.3, -0.25) is 14.6 Å². The number of ether oxygens (including phenoxy) is 2. The summed E-state index contributed by atoms with van der Waals surface area (Å²) in [5.41, 5.74) is 2.31. The third kappa shape index (κ3) is 5.66. The molecule has 4 rings (SSSR count). The largest absolute Gasteiger partial charge is 0.493 e. The summed E-state index contributed by atoms with van der Waals surface area (Å²) in [6, 6.07) is 10.7. The predicted molar refractivity (Wildman–Crippen MR) is 112 cm³/mol. The first-order valence-electron chi connectivity index (χ1n) is 10.4. The molecule has 0 bridgehead atoms. The molecule has 9 heteroatoms. The normalized spacial score (nSPS) is 17.4. The Hall–Kier alpha value is -2.91. The molecule has 3 aromatic rings. The van der Waals surface area contributed by atoms with Crippen LogP contribution in [0.1, 0.15) is 28.6 Å². The fraction of sp³-hybridized carbons (Fsp3) is 0.391. The average Bonchev–Trinajstić information content (AvgIpc) is 3.15. The van der Waals surface area contributed by atoms with Crippen molar-refractivity contribution in [2.75, 3.05) is 26.3 Å². The Labute approximate surface area is 184 Å². The van der Waals surface area contributed by atoms with Crippen LogP contribution >= 0.6 is 0 Å². The summed E-state index contributed by atoms with van der Waals surface area (Å²) in [5, 5.41) is 4.61. The summed E-state index contributed by atoms with van der Waals surface area (Å²) in [6.45, 7) is 3.38. The predicted octanol–water partition coefficient (Wildman–Crippen LogP) is 4.03. The molecule has 1 aliphatic rings. The van der Waals surface area contributed by atoms with Gasteiger partial charge in [-0.1, -0.05) is 6.07 Å². The lowest BCUT2D eigenvalue weighted by Gasteiger charge is -2.32. The van der Waals surface area contributed by atoms with Gasteiger partial charge in [-0.25, -0.2) is 0 Å². The van der Waals surface area contributed by atoms with Gasteiger partial charge in [-0.2, -0.15) is 18.3 Å². The van der Waals surface area contributed by atoms with Gasteiger partial charge in [0, 0.05) is 51.2 Å². The van der Waals surface area contributed by atoms with E-state index >= 15 is 0 Å². The van der Waals surface area contributed by atoms with Crippen molar-refractivity contribution in [2.24, 2.45) is 7.05 Å². The highest BCUT2D eigenvalue weighted by Crippen LogP contribution is 2.30. The molecule has 1 aliphatic heterocycles. The minimum atomic E-state index is -4.35. The first-order valence-corrected chi connectivity index (χ1v) is 10.4. The maximum absolute atomic E-state index is 12.7. The third-order valence-corrected chi connectivity index (χ3v) is 5.41. The highest BCUT2D eigenvalue weighted by Gasteiger charge is 2.30. The van der Waals surface area contributed by atoms with Crippen molar-refractivity contribution >= 4 is 0 Å². The molecule has 32 heavy (non-hydrogen) atoms. The summed E-state index contributed by atoms with van der Waals surface area (Å²) in [7, 11) is 1.87. The lowest BCUT2D eigenvalue weighted by Crippen LogP contribution is -2.38. The van der Waals surface area contributed by atoms with Gasteiger partial charge in [0.05, 0.1) is 24.5 Å². The molecule has 170 valence electrons. The van der Waals surface area contributed by atoms with Crippen LogP contribution in [0.15, 0.2) is 54.9 Å². The number of halogens is 3. The molecule has 1 atom stereocenters. The zero-order valence-electron chi connectivity index (χ0n) is 17.8. The summed E-state index contributed by atoms with van der Waals surface area (Å²) in [5.74, 6) is 0.405. The molecule has 1 saturated heterocycles. The molecule has 0 saturated carbocycles. The van der Waals surface area contributed by atoms with Crippen LogP contribution in [0.5, 0.6) is 5.75 Å². The molecule has 3 heterocycles. The summed E-state index contributed by atoms with van der Waals surface area (Å²) >= 11 is 0. The van der Waals surface area contributed by atoms with Crippen LogP contribution in [-0.4, -0.2) is 46.0 Å². The minimum absolute atomic E-state index is 0.115. The van der Waals surface area contributed by atoms with Crippen molar-refractivity contribution in [1.29, 1.82) is 0 Å². The zero-order chi connectivity index (χ0) is 22.6. The number of morpholine rings is 1. The summed E-state index contributed by atoms with van der Waals surface area (Å²) < 4.78 is 51.4. The Morgan fingerprint density at radius 3 is 2.72 bits per heavy atom. The quantitative estimate of drug-likeness (QED) is 0.549. The number of aromatic nitrogens is 3. The number of alkyl halides is 3. The number of nitrogens with zero attached hydrogens (tertiary/aromatic N) is 4. The zero-order valence-corrected chi connectivity index (χ0v) is 17.8. The van der Waals surface area contributed by atoms with Crippen LogP contribution in [0.2, 0.25) is 0 Å². The van der Waals surface area contributed by atoms with Crippen molar-refractivity contribution in [3.8, 4) is 5.75 Å². The van der Waals surface area contributed by atoms with Gasteiger partial charge in [-0.15, -0.1) is 0 Å². The maximum atomic E-state index is 12.7. The second-order valence-corrected chi connectivity index (χ2v) is 7.76. The Bertz CT molecular complexity index is 1010. The smallest absolute Gasteiger partial charge is 0.416 e. The van der Waals surface area contributed by atoms with Crippen molar-refractivity contribution in [3.05, 3.63) is 77.4 Å². The van der Waals surface area contributed by atoms with Gasteiger partial charge in [-0.05, 0) is 42.0 Å². The fourth-order valence-corrected chi connectivity index (χ4v) is 3.71. The number of benzene rings is 1. The number of pyridine rings is 1. The molecule has 1 aromatic carbocycles. The van der Waals surface area contributed by atoms with Crippen molar-refractivity contribution in [3.63, 3.8) is 0 Å². The van der Waals surface area contributed by atoms with E-state index in [4.69, 9.17) is 9.47 Å². The molecule has 6 nitrogen and oxygen atoms in total. The van der Waals surface area contributed by atoms with Crippen LogP contribution < -0.4 is 4.74 Å². The molecule has 2 aromatic heterocycles. The molecule has 0 amide bonds. The van der Waals surface area contributed by atoms with Crippen molar-refractivity contribution in [1.82, 2.24) is 19.7 Å². The number of rotatable bonds is 7. The molecule has 1 fully saturated rings. The van der Waals surface area contributed by atoms with Crippen molar-refractivity contribution in [2.45, 2.75) is 25.2 Å². The van der Waals surface area contributed by atoms with E-state index < -0.39 is 11.7 Å². The molecule has 1 unspecified atom stereocenters. The van der Waals surface area contributed by atoms with Gasteiger partial charge in [0.25, 0.3) is 0 Å². The molecule has 0 radical (unpaired) electrons. The average molecular weight is 446 g/mol. The van der Waals surface area contributed by atoms with Gasteiger partial charge in [0.15, 0.2) is 0 Å². The fourth-order valence-electron chi connectivity index (χ4n) is 3.71. The Kier molecular flexibility index (Phi) is 6.76. The highest BCUT2D eigenvalue weighted by atomic mass is 19.4. The Balaban J connectivity index is 1.31. The lowest BCUT2D eigenvalue weighted by molar-refractivity contribution is -0.137. The topological polar surface area (TPSA) is 52.4 Å². The van der Waals surface area contributed by atoms with Gasteiger partial charge in [0.1, 0.15) is 11.9 Å². The third-order valence-electron chi connectivity index (χ3n) is 5.41. The van der Waals surface area contributed by atoms with E-state index in [-0.39, 0.29) is 6.10 Å². The summed E-state index contributed by atoms with van der Waals surface area (Å²) in [4.78, 5) is 6.50. The highest BCUT2D eigenvalue weighted by molar-refractivity contribution is 5.29. The maximum Gasteiger partial charge on any atom is 0.416 e.